The van der Waals surface area contributed by atoms with Gasteiger partial charge in [-0.15, -0.1) is 0 Å². The molecular formula is C20H15BO3. The van der Waals surface area contributed by atoms with E-state index in [1.54, 1.807) is 12.1 Å². The molecule has 0 amide bonds. The molecule has 0 saturated carbocycles. The van der Waals surface area contributed by atoms with Crippen LogP contribution in [0.15, 0.2) is 84.9 Å². The Kier molecular flexibility index (Phi) is 3.81. The summed E-state index contributed by atoms with van der Waals surface area (Å²) in [7, 11) is -1.36. The van der Waals surface area contributed by atoms with Crippen molar-refractivity contribution in [2.45, 2.75) is 0 Å². The van der Waals surface area contributed by atoms with Gasteiger partial charge in [-0.05, 0) is 57.9 Å². The molecule has 0 heterocycles. The molecule has 0 aliphatic heterocycles. The molecule has 0 atom stereocenters. The van der Waals surface area contributed by atoms with Crippen molar-refractivity contribution in [3.8, 4) is 11.5 Å². The summed E-state index contributed by atoms with van der Waals surface area (Å²) >= 11 is 0. The SMILES string of the molecule is OB(Oc1ccccc1)Oc1ccc2cc3ccccc3cc2c1. The highest BCUT2D eigenvalue weighted by molar-refractivity contribution is 6.36. The lowest BCUT2D eigenvalue weighted by Gasteiger charge is -2.11. The topological polar surface area (TPSA) is 38.7 Å². The van der Waals surface area contributed by atoms with Gasteiger partial charge in [-0.1, -0.05) is 48.5 Å². The van der Waals surface area contributed by atoms with Gasteiger partial charge in [-0.25, -0.2) is 0 Å². The summed E-state index contributed by atoms with van der Waals surface area (Å²) in [5, 5.41) is 14.5. The summed E-state index contributed by atoms with van der Waals surface area (Å²) in [5.41, 5.74) is 0. The predicted octanol–water partition coefficient (Wildman–Crippen LogP) is 4.43. The molecule has 0 spiro atoms. The standard InChI is InChI=1S/C20H15BO3/c22-21(23-19-8-2-1-3-9-19)24-20-11-10-17-12-15-6-4-5-7-16(15)13-18(17)14-20/h1-14,22H. The number of hydrogen-bond acceptors (Lipinski definition) is 3. The average molecular weight is 314 g/mol. The van der Waals surface area contributed by atoms with Gasteiger partial charge in [0.2, 0.25) is 0 Å². The van der Waals surface area contributed by atoms with Gasteiger partial charge in [0.15, 0.2) is 0 Å². The summed E-state index contributed by atoms with van der Waals surface area (Å²) in [5.74, 6) is 1.11. The molecule has 0 aliphatic carbocycles. The third kappa shape index (κ3) is 3.05. The zero-order valence-electron chi connectivity index (χ0n) is 12.9. The maximum Gasteiger partial charge on any atom is 0.785 e. The first-order valence-electron chi connectivity index (χ1n) is 7.77. The first kappa shape index (κ1) is 14.6. The van der Waals surface area contributed by atoms with Gasteiger partial charge in [-0.2, -0.15) is 0 Å². The van der Waals surface area contributed by atoms with Crippen molar-refractivity contribution in [3.63, 3.8) is 0 Å². The zero-order valence-corrected chi connectivity index (χ0v) is 12.9. The fourth-order valence-electron chi connectivity index (χ4n) is 2.75. The summed E-state index contributed by atoms with van der Waals surface area (Å²) in [6, 6.07) is 27.3. The summed E-state index contributed by atoms with van der Waals surface area (Å²) in [6.45, 7) is 0. The zero-order chi connectivity index (χ0) is 16.4. The van der Waals surface area contributed by atoms with E-state index in [4.69, 9.17) is 9.31 Å². The number of hydrogen-bond donors (Lipinski definition) is 1. The van der Waals surface area contributed by atoms with Gasteiger partial charge in [-0.3, -0.25) is 0 Å². The second-order valence-corrected chi connectivity index (χ2v) is 5.56. The van der Waals surface area contributed by atoms with Crippen LogP contribution in [0.1, 0.15) is 0 Å². The van der Waals surface area contributed by atoms with Gasteiger partial charge in [0, 0.05) is 0 Å². The van der Waals surface area contributed by atoms with Crippen LogP contribution in [0.2, 0.25) is 0 Å². The smallest absolute Gasteiger partial charge is 0.501 e. The van der Waals surface area contributed by atoms with E-state index < -0.39 is 7.32 Å². The minimum absolute atomic E-state index is 0.553. The molecule has 4 heteroatoms. The van der Waals surface area contributed by atoms with Crippen LogP contribution < -0.4 is 9.31 Å². The molecule has 4 aromatic rings. The quantitative estimate of drug-likeness (QED) is 0.447. The second-order valence-electron chi connectivity index (χ2n) is 5.56. The number of para-hydroxylation sites is 1. The fraction of sp³-hybridized carbons (Fsp3) is 0. The van der Waals surface area contributed by atoms with E-state index >= 15 is 0 Å². The Morgan fingerprint density at radius 2 is 1.12 bits per heavy atom. The van der Waals surface area contributed by atoms with E-state index in [0.29, 0.717) is 11.5 Å². The van der Waals surface area contributed by atoms with E-state index in [-0.39, 0.29) is 0 Å². The Morgan fingerprint density at radius 3 is 1.88 bits per heavy atom. The molecule has 0 radical (unpaired) electrons. The van der Waals surface area contributed by atoms with Crippen molar-refractivity contribution in [1.29, 1.82) is 0 Å². The monoisotopic (exact) mass is 314 g/mol. The highest BCUT2D eigenvalue weighted by atomic mass is 16.7. The van der Waals surface area contributed by atoms with E-state index in [1.807, 2.05) is 48.5 Å². The van der Waals surface area contributed by atoms with Crippen LogP contribution in [0.3, 0.4) is 0 Å². The molecule has 116 valence electrons. The lowest BCUT2D eigenvalue weighted by molar-refractivity contribution is 0.298. The van der Waals surface area contributed by atoms with Gasteiger partial charge in [0.25, 0.3) is 0 Å². The van der Waals surface area contributed by atoms with Crippen molar-refractivity contribution < 1.29 is 14.3 Å². The van der Waals surface area contributed by atoms with Crippen LogP contribution in [0.5, 0.6) is 11.5 Å². The lowest BCUT2D eigenvalue weighted by Crippen LogP contribution is -2.29. The number of fused-ring (bicyclic) bond motifs is 2. The fourth-order valence-corrected chi connectivity index (χ4v) is 2.75. The van der Waals surface area contributed by atoms with Crippen molar-refractivity contribution in [2.75, 3.05) is 0 Å². The highest BCUT2D eigenvalue weighted by Crippen LogP contribution is 2.26. The second kappa shape index (κ2) is 6.26. The molecular weight excluding hydrogens is 299 g/mol. The van der Waals surface area contributed by atoms with Crippen molar-refractivity contribution >= 4 is 28.9 Å². The van der Waals surface area contributed by atoms with Gasteiger partial charge in [0.05, 0.1) is 0 Å². The minimum Gasteiger partial charge on any atom is -0.501 e. The summed E-state index contributed by atoms with van der Waals surface area (Å²) in [6.07, 6.45) is 0. The molecule has 0 unspecified atom stereocenters. The number of rotatable bonds is 4. The van der Waals surface area contributed by atoms with E-state index in [0.717, 1.165) is 10.8 Å². The maximum absolute atomic E-state index is 9.96. The first-order chi connectivity index (χ1) is 11.8. The molecule has 0 saturated heterocycles. The van der Waals surface area contributed by atoms with Crippen LogP contribution in [0.4, 0.5) is 0 Å². The first-order valence-corrected chi connectivity index (χ1v) is 7.77. The molecule has 0 aromatic heterocycles. The molecule has 4 rings (SSSR count). The van der Waals surface area contributed by atoms with E-state index in [2.05, 4.69) is 24.3 Å². The third-order valence-electron chi connectivity index (χ3n) is 3.89. The highest BCUT2D eigenvalue weighted by Gasteiger charge is 2.21. The van der Waals surface area contributed by atoms with E-state index in [9.17, 15) is 5.02 Å². The van der Waals surface area contributed by atoms with Crippen LogP contribution in [0, 0.1) is 0 Å². The Hall–Kier alpha value is -2.98. The Bertz CT molecular complexity index is 986. The maximum atomic E-state index is 9.96. The average Bonchev–Trinajstić information content (AvgIpc) is 2.60. The van der Waals surface area contributed by atoms with Crippen LogP contribution in [-0.4, -0.2) is 12.3 Å². The molecule has 0 bridgehead atoms. The van der Waals surface area contributed by atoms with Crippen LogP contribution >= 0.6 is 0 Å². The lowest BCUT2D eigenvalue weighted by atomic mass is 10.0. The summed E-state index contributed by atoms with van der Waals surface area (Å²) < 4.78 is 10.8. The van der Waals surface area contributed by atoms with Crippen LogP contribution in [-0.2, 0) is 0 Å². The predicted molar refractivity (Wildman–Crippen MR) is 97.1 cm³/mol. The molecule has 3 nitrogen and oxygen atoms in total. The van der Waals surface area contributed by atoms with E-state index in [1.165, 1.54) is 10.8 Å². The van der Waals surface area contributed by atoms with Gasteiger partial charge < -0.3 is 14.3 Å². The summed E-state index contributed by atoms with van der Waals surface area (Å²) in [4.78, 5) is 0. The van der Waals surface area contributed by atoms with Crippen LogP contribution in [0.25, 0.3) is 21.5 Å². The van der Waals surface area contributed by atoms with Crippen molar-refractivity contribution in [1.82, 2.24) is 0 Å². The molecule has 24 heavy (non-hydrogen) atoms. The largest absolute Gasteiger partial charge is 0.785 e. The molecule has 1 N–H and O–H groups in total. The van der Waals surface area contributed by atoms with Gasteiger partial charge in [0.1, 0.15) is 11.5 Å². The Morgan fingerprint density at radius 1 is 0.542 bits per heavy atom. The normalized spacial score (nSPS) is 10.7. The Labute approximate surface area is 140 Å². The van der Waals surface area contributed by atoms with Crippen molar-refractivity contribution in [3.05, 3.63) is 84.9 Å². The number of benzene rings is 4. The van der Waals surface area contributed by atoms with Crippen molar-refractivity contribution in [2.24, 2.45) is 0 Å². The van der Waals surface area contributed by atoms with Gasteiger partial charge >= 0.3 is 7.32 Å². The minimum atomic E-state index is -1.36. The molecule has 0 fully saturated rings. The molecule has 0 aliphatic rings. The molecule has 4 aromatic carbocycles. The Balaban J connectivity index is 1.59. The third-order valence-corrected chi connectivity index (χ3v) is 3.89.